The smallest absolute Gasteiger partial charge is 0.161 e. The van der Waals surface area contributed by atoms with Crippen LogP contribution in [-0.4, -0.2) is 39.5 Å². The number of anilines is 1. The molecule has 0 spiro atoms. The summed E-state index contributed by atoms with van der Waals surface area (Å²) < 4.78 is 0. The van der Waals surface area contributed by atoms with Crippen LogP contribution in [0.15, 0.2) is 54.9 Å². The first kappa shape index (κ1) is 18.3. The zero-order valence-corrected chi connectivity index (χ0v) is 16.8. The third-order valence-electron chi connectivity index (χ3n) is 5.93. The molecule has 0 unspecified atom stereocenters. The molecule has 1 aromatic carbocycles. The highest BCUT2D eigenvalue weighted by Crippen LogP contribution is 2.31. The first-order valence-corrected chi connectivity index (χ1v) is 10.7. The van der Waals surface area contributed by atoms with Crippen molar-refractivity contribution in [3.63, 3.8) is 0 Å². The molecule has 0 bridgehead atoms. The fourth-order valence-electron chi connectivity index (χ4n) is 4.42. The van der Waals surface area contributed by atoms with Crippen LogP contribution < -0.4 is 4.90 Å². The Labute approximate surface area is 172 Å². The fraction of sp³-hybridized carbons (Fsp3) is 0.375. The number of fused-ring (bicyclic) bond motifs is 1. The van der Waals surface area contributed by atoms with Crippen molar-refractivity contribution in [2.75, 3.05) is 24.5 Å². The predicted octanol–water partition coefficient (Wildman–Crippen LogP) is 4.09. The zero-order valence-electron chi connectivity index (χ0n) is 16.8. The molecular formula is C24H27N5. The van der Waals surface area contributed by atoms with Crippen LogP contribution in [0, 0.1) is 0 Å². The van der Waals surface area contributed by atoms with Crippen molar-refractivity contribution in [3.8, 4) is 11.4 Å². The molecule has 1 fully saturated rings. The summed E-state index contributed by atoms with van der Waals surface area (Å²) in [7, 11) is 0. The molecule has 5 rings (SSSR count). The Bertz CT molecular complexity index is 952. The predicted molar refractivity (Wildman–Crippen MR) is 116 cm³/mol. The van der Waals surface area contributed by atoms with Gasteiger partial charge in [0.2, 0.25) is 0 Å². The van der Waals surface area contributed by atoms with Crippen LogP contribution in [0.1, 0.15) is 36.1 Å². The lowest BCUT2D eigenvalue weighted by molar-refractivity contribution is 0.243. The lowest BCUT2D eigenvalue weighted by atomic mass is 10.0. The summed E-state index contributed by atoms with van der Waals surface area (Å²) in [6.07, 6.45) is 8.59. The average Bonchev–Trinajstić information content (AvgIpc) is 2.80. The molecule has 0 saturated carbocycles. The van der Waals surface area contributed by atoms with Crippen LogP contribution in [0.3, 0.4) is 0 Å². The third kappa shape index (κ3) is 4.01. The van der Waals surface area contributed by atoms with Crippen LogP contribution in [0.4, 0.5) is 5.82 Å². The lowest BCUT2D eigenvalue weighted by Crippen LogP contribution is -2.36. The van der Waals surface area contributed by atoms with Gasteiger partial charge in [0, 0.05) is 62.7 Å². The van der Waals surface area contributed by atoms with E-state index >= 15 is 0 Å². The SMILES string of the molecule is c1ccc(-c2nc3c(c(N4CCCCC4)n2)CN(Cc2cccnc2)CC3)cc1. The first-order valence-electron chi connectivity index (χ1n) is 10.7. The van der Waals surface area contributed by atoms with E-state index in [1.54, 1.807) is 0 Å². The molecule has 4 heterocycles. The minimum atomic E-state index is 0.866. The van der Waals surface area contributed by atoms with E-state index in [1.165, 1.54) is 36.1 Å². The molecule has 0 amide bonds. The molecule has 148 valence electrons. The average molecular weight is 386 g/mol. The van der Waals surface area contributed by atoms with Gasteiger partial charge < -0.3 is 4.90 Å². The van der Waals surface area contributed by atoms with Gasteiger partial charge in [-0.1, -0.05) is 36.4 Å². The van der Waals surface area contributed by atoms with Gasteiger partial charge in [0.15, 0.2) is 5.82 Å². The Morgan fingerprint density at radius 3 is 2.52 bits per heavy atom. The summed E-state index contributed by atoms with van der Waals surface area (Å²) in [5.41, 5.74) is 4.91. The first-order chi connectivity index (χ1) is 14.4. The summed E-state index contributed by atoms with van der Waals surface area (Å²) in [5.74, 6) is 2.02. The topological polar surface area (TPSA) is 45.2 Å². The van der Waals surface area contributed by atoms with E-state index in [9.17, 15) is 0 Å². The molecule has 5 heteroatoms. The van der Waals surface area contributed by atoms with E-state index in [0.29, 0.717) is 0 Å². The molecule has 0 N–H and O–H groups in total. The van der Waals surface area contributed by atoms with E-state index in [2.05, 4.69) is 45.1 Å². The second kappa shape index (κ2) is 8.29. The monoisotopic (exact) mass is 385 g/mol. The molecule has 1 saturated heterocycles. The molecule has 2 aliphatic rings. The van der Waals surface area contributed by atoms with Gasteiger partial charge in [0.25, 0.3) is 0 Å². The van der Waals surface area contributed by atoms with Gasteiger partial charge in [-0.3, -0.25) is 9.88 Å². The van der Waals surface area contributed by atoms with Gasteiger partial charge in [-0.2, -0.15) is 0 Å². The maximum Gasteiger partial charge on any atom is 0.161 e. The zero-order chi connectivity index (χ0) is 19.5. The molecule has 5 nitrogen and oxygen atoms in total. The molecule has 2 aliphatic heterocycles. The number of hydrogen-bond acceptors (Lipinski definition) is 5. The van der Waals surface area contributed by atoms with Gasteiger partial charge >= 0.3 is 0 Å². The largest absolute Gasteiger partial charge is 0.356 e. The van der Waals surface area contributed by atoms with Crippen LogP contribution in [0.5, 0.6) is 0 Å². The van der Waals surface area contributed by atoms with Gasteiger partial charge in [0.05, 0.1) is 5.69 Å². The highest BCUT2D eigenvalue weighted by molar-refractivity contribution is 5.61. The fourth-order valence-corrected chi connectivity index (χ4v) is 4.42. The second-order valence-electron chi connectivity index (χ2n) is 8.03. The molecular weight excluding hydrogens is 358 g/mol. The van der Waals surface area contributed by atoms with E-state index in [1.807, 2.05) is 24.5 Å². The summed E-state index contributed by atoms with van der Waals surface area (Å²) >= 11 is 0. The van der Waals surface area contributed by atoms with E-state index in [4.69, 9.17) is 9.97 Å². The van der Waals surface area contributed by atoms with Crippen LogP contribution >= 0.6 is 0 Å². The van der Waals surface area contributed by atoms with Crippen molar-refractivity contribution in [2.45, 2.75) is 38.8 Å². The number of pyridine rings is 1. The maximum atomic E-state index is 5.10. The minimum Gasteiger partial charge on any atom is -0.356 e. The van der Waals surface area contributed by atoms with Gasteiger partial charge in [-0.25, -0.2) is 9.97 Å². The third-order valence-corrected chi connectivity index (χ3v) is 5.93. The Morgan fingerprint density at radius 1 is 0.862 bits per heavy atom. The van der Waals surface area contributed by atoms with Crippen molar-refractivity contribution in [2.24, 2.45) is 0 Å². The highest BCUT2D eigenvalue weighted by Gasteiger charge is 2.26. The van der Waals surface area contributed by atoms with Gasteiger partial charge in [-0.05, 0) is 30.9 Å². The quantitative estimate of drug-likeness (QED) is 0.677. The summed E-state index contributed by atoms with van der Waals surface area (Å²) in [5, 5.41) is 0. The van der Waals surface area contributed by atoms with Crippen molar-refractivity contribution in [1.29, 1.82) is 0 Å². The molecule has 3 aromatic rings. The van der Waals surface area contributed by atoms with Crippen LogP contribution in [-0.2, 0) is 19.5 Å². The lowest BCUT2D eigenvalue weighted by Gasteiger charge is -2.34. The maximum absolute atomic E-state index is 5.10. The summed E-state index contributed by atoms with van der Waals surface area (Å²) in [6.45, 7) is 5.05. The Hall–Kier alpha value is -2.79. The van der Waals surface area contributed by atoms with Crippen molar-refractivity contribution in [3.05, 3.63) is 71.7 Å². The number of aromatic nitrogens is 3. The summed E-state index contributed by atoms with van der Waals surface area (Å²) in [4.78, 5) is 19.4. The van der Waals surface area contributed by atoms with E-state index in [-0.39, 0.29) is 0 Å². The Kier molecular flexibility index (Phi) is 5.22. The highest BCUT2D eigenvalue weighted by atomic mass is 15.2. The van der Waals surface area contributed by atoms with E-state index in [0.717, 1.165) is 56.4 Å². The number of nitrogens with zero attached hydrogens (tertiary/aromatic N) is 5. The molecule has 2 aromatic heterocycles. The Morgan fingerprint density at radius 2 is 1.72 bits per heavy atom. The molecule has 0 radical (unpaired) electrons. The molecule has 29 heavy (non-hydrogen) atoms. The normalized spacial score (nSPS) is 17.2. The molecule has 0 atom stereocenters. The van der Waals surface area contributed by atoms with Gasteiger partial charge in [-0.15, -0.1) is 0 Å². The second-order valence-corrected chi connectivity index (χ2v) is 8.03. The number of piperidine rings is 1. The van der Waals surface area contributed by atoms with Crippen molar-refractivity contribution in [1.82, 2.24) is 19.9 Å². The minimum absolute atomic E-state index is 0.866. The molecule has 0 aliphatic carbocycles. The standard InChI is InChI=1S/C24H27N5/c1-3-9-20(10-4-1)23-26-22-11-15-28(17-19-8-7-12-25-16-19)18-21(22)24(27-23)29-13-5-2-6-14-29/h1,3-4,7-10,12,16H,2,5-6,11,13-15,17-18H2. The number of rotatable bonds is 4. The van der Waals surface area contributed by atoms with E-state index < -0.39 is 0 Å². The van der Waals surface area contributed by atoms with Gasteiger partial charge in [0.1, 0.15) is 5.82 Å². The number of benzene rings is 1. The van der Waals surface area contributed by atoms with Crippen LogP contribution in [0.25, 0.3) is 11.4 Å². The number of hydrogen-bond donors (Lipinski definition) is 0. The van der Waals surface area contributed by atoms with Crippen molar-refractivity contribution < 1.29 is 0 Å². The summed E-state index contributed by atoms with van der Waals surface area (Å²) in [6, 6.07) is 14.6. The Balaban J connectivity index is 1.49. The van der Waals surface area contributed by atoms with Crippen molar-refractivity contribution >= 4 is 5.82 Å². The van der Waals surface area contributed by atoms with Crippen LogP contribution in [0.2, 0.25) is 0 Å².